The molecule has 1 heteroatoms. The summed E-state index contributed by atoms with van der Waals surface area (Å²) < 4.78 is 0. The van der Waals surface area contributed by atoms with Crippen molar-refractivity contribution in [1.82, 2.24) is 0 Å². The molecule has 0 aromatic heterocycles. The lowest BCUT2D eigenvalue weighted by Gasteiger charge is -2.32. The summed E-state index contributed by atoms with van der Waals surface area (Å²) in [7, 11) is 0. The van der Waals surface area contributed by atoms with E-state index in [0.29, 0.717) is 4.83 Å². The third-order valence-electron chi connectivity index (χ3n) is 3.57. The van der Waals surface area contributed by atoms with Gasteiger partial charge in [-0.05, 0) is 67.5 Å². The molecule has 13 heavy (non-hydrogen) atoms. The van der Waals surface area contributed by atoms with Crippen LogP contribution in [-0.4, -0.2) is 0 Å². The highest BCUT2D eigenvalue weighted by Crippen LogP contribution is 2.45. The number of rotatable bonds is 0. The zero-order valence-corrected chi connectivity index (χ0v) is 10.2. The van der Waals surface area contributed by atoms with Crippen LogP contribution in [0.25, 0.3) is 0 Å². The number of halogens is 1. The van der Waals surface area contributed by atoms with E-state index in [1.807, 2.05) is 0 Å². The number of hydrogen-bond donors (Lipinski definition) is 0. The SMILES string of the molecule is Cc1c(C)c(C)c2c(c1C)CC2Br. The van der Waals surface area contributed by atoms with E-state index >= 15 is 0 Å². The first-order chi connectivity index (χ1) is 6.04. The highest BCUT2D eigenvalue weighted by molar-refractivity contribution is 9.09. The van der Waals surface area contributed by atoms with Gasteiger partial charge in [-0.15, -0.1) is 0 Å². The minimum atomic E-state index is 0.612. The van der Waals surface area contributed by atoms with Crippen LogP contribution in [-0.2, 0) is 6.42 Å². The van der Waals surface area contributed by atoms with Crippen LogP contribution in [0.3, 0.4) is 0 Å². The van der Waals surface area contributed by atoms with E-state index in [-0.39, 0.29) is 0 Å². The summed E-state index contributed by atoms with van der Waals surface area (Å²) >= 11 is 3.70. The van der Waals surface area contributed by atoms with E-state index in [4.69, 9.17) is 0 Å². The Kier molecular flexibility index (Phi) is 2.03. The van der Waals surface area contributed by atoms with Gasteiger partial charge in [-0.3, -0.25) is 0 Å². The van der Waals surface area contributed by atoms with Crippen molar-refractivity contribution in [2.75, 3.05) is 0 Å². The van der Waals surface area contributed by atoms with Crippen LogP contribution in [0.15, 0.2) is 0 Å². The predicted octanol–water partition coefficient (Wildman–Crippen LogP) is 3.91. The molecule has 0 N–H and O–H groups in total. The van der Waals surface area contributed by atoms with Gasteiger partial charge in [0.1, 0.15) is 0 Å². The fourth-order valence-electron chi connectivity index (χ4n) is 2.26. The van der Waals surface area contributed by atoms with Gasteiger partial charge in [-0.2, -0.15) is 0 Å². The van der Waals surface area contributed by atoms with Crippen LogP contribution < -0.4 is 0 Å². The second-order valence-electron chi connectivity index (χ2n) is 4.06. The quantitative estimate of drug-likeness (QED) is 0.602. The minimum absolute atomic E-state index is 0.612. The number of benzene rings is 1. The van der Waals surface area contributed by atoms with Crippen molar-refractivity contribution < 1.29 is 0 Å². The average Bonchev–Trinajstić information content (AvgIpc) is 2.08. The zero-order valence-electron chi connectivity index (χ0n) is 8.66. The Labute approximate surface area is 88.5 Å². The largest absolute Gasteiger partial charge is 0.0835 e. The number of alkyl halides is 1. The van der Waals surface area contributed by atoms with Crippen molar-refractivity contribution in [2.45, 2.75) is 38.9 Å². The lowest BCUT2D eigenvalue weighted by Crippen LogP contribution is -2.18. The first-order valence-electron chi connectivity index (χ1n) is 4.77. The van der Waals surface area contributed by atoms with Crippen LogP contribution in [0, 0.1) is 27.7 Å². The van der Waals surface area contributed by atoms with Gasteiger partial charge in [0, 0.05) is 4.83 Å². The maximum Gasteiger partial charge on any atom is 0.0441 e. The molecule has 0 fully saturated rings. The van der Waals surface area contributed by atoms with Crippen molar-refractivity contribution in [2.24, 2.45) is 0 Å². The van der Waals surface area contributed by atoms with E-state index in [9.17, 15) is 0 Å². The van der Waals surface area contributed by atoms with Crippen molar-refractivity contribution in [1.29, 1.82) is 0 Å². The summed E-state index contributed by atoms with van der Waals surface area (Å²) in [6, 6.07) is 0. The van der Waals surface area contributed by atoms with Crippen LogP contribution in [0.1, 0.15) is 38.2 Å². The molecule has 1 atom stereocenters. The molecule has 2 rings (SSSR count). The molecule has 0 amide bonds. The topological polar surface area (TPSA) is 0 Å². The van der Waals surface area contributed by atoms with Crippen LogP contribution in [0.5, 0.6) is 0 Å². The molecule has 0 radical (unpaired) electrons. The van der Waals surface area contributed by atoms with Gasteiger partial charge in [-0.1, -0.05) is 15.9 Å². The van der Waals surface area contributed by atoms with E-state index < -0.39 is 0 Å². The van der Waals surface area contributed by atoms with Crippen LogP contribution in [0.2, 0.25) is 0 Å². The Hall–Kier alpha value is -0.300. The second-order valence-corrected chi connectivity index (χ2v) is 5.17. The highest BCUT2D eigenvalue weighted by Gasteiger charge is 2.29. The van der Waals surface area contributed by atoms with Crippen molar-refractivity contribution >= 4 is 15.9 Å². The normalized spacial score (nSPS) is 19.6. The van der Waals surface area contributed by atoms with Crippen molar-refractivity contribution in [3.05, 3.63) is 33.4 Å². The van der Waals surface area contributed by atoms with Gasteiger partial charge in [0.15, 0.2) is 0 Å². The summed E-state index contributed by atoms with van der Waals surface area (Å²) in [6.45, 7) is 8.96. The molecule has 70 valence electrons. The van der Waals surface area contributed by atoms with Gasteiger partial charge in [0.25, 0.3) is 0 Å². The smallest absolute Gasteiger partial charge is 0.0441 e. The summed E-state index contributed by atoms with van der Waals surface area (Å²) in [4.78, 5) is 0.612. The molecule has 0 aliphatic heterocycles. The Morgan fingerprint density at radius 3 is 2.00 bits per heavy atom. The third kappa shape index (κ3) is 1.10. The highest BCUT2D eigenvalue weighted by atomic mass is 79.9. The van der Waals surface area contributed by atoms with Gasteiger partial charge >= 0.3 is 0 Å². The summed E-state index contributed by atoms with van der Waals surface area (Å²) in [5.74, 6) is 0. The van der Waals surface area contributed by atoms with Crippen LogP contribution >= 0.6 is 15.9 Å². The fourth-order valence-corrected chi connectivity index (χ4v) is 3.20. The predicted molar refractivity (Wildman–Crippen MR) is 60.8 cm³/mol. The molecule has 0 heterocycles. The molecule has 1 aromatic carbocycles. The van der Waals surface area contributed by atoms with Crippen molar-refractivity contribution in [3.8, 4) is 0 Å². The van der Waals surface area contributed by atoms with Gasteiger partial charge in [0.2, 0.25) is 0 Å². The van der Waals surface area contributed by atoms with E-state index in [1.54, 1.807) is 11.1 Å². The molecule has 1 aromatic rings. The van der Waals surface area contributed by atoms with Crippen molar-refractivity contribution in [3.63, 3.8) is 0 Å². The first kappa shape index (κ1) is 9.26. The lowest BCUT2D eigenvalue weighted by atomic mass is 9.78. The molecule has 0 bridgehead atoms. The van der Waals surface area contributed by atoms with E-state index in [1.165, 1.54) is 28.7 Å². The van der Waals surface area contributed by atoms with Crippen LogP contribution in [0.4, 0.5) is 0 Å². The molecular weight excluding hydrogens is 224 g/mol. The molecular formula is C12H15Br. The minimum Gasteiger partial charge on any atom is -0.0835 e. The van der Waals surface area contributed by atoms with E-state index in [0.717, 1.165) is 0 Å². The Bertz CT molecular complexity index is 354. The fraction of sp³-hybridized carbons (Fsp3) is 0.500. The summed E-state index contributed by atoms with van der Waals surface area (Å²) in [6.07, 6.45) is 1.21. The first-order valence-corrected chi connectivity index (χ1v) is 5.68. The van der Waals surface area contributed by atoms with Gasteiger partial charge in [-0.25, -0.2) is 0 Å². The Morgan fingerprint density at radius 2 is 1.46 bits per heavy atom. The Balaban J connectivity index is 2.75. The van der Waals surface area contributed by atoms with Gasteiger partial charge < -0.3 is 0 Å². The second kappa shape index (κ2) is 2.84. The molecule has 0 saturated heterocycles. The standard InChI is InChI=1S/C12H15Br/c1-6-7(2)9(4)12-10(8(6)3)5-11(12)13/h11H,5H2,1-4H3. The molecule has 0 spiro atoms. The summed E-state index contributed by atoms with van der Waals surface area (Å²) in [5, 5.41) is 0. The molecule has 0 saturated carbocycles. The monoisotopic (exact) mass is 238 g/mol. The molecule has 1 unspecified atom stereocenters. The van der Waals surface area contributed by atoms with E-state index in [2.05, 4.69) is 43.6 Å². The van der Waals surface area contributed by atoms with Gasteiger partial charge in [0.05, 0.1) is 0 Å². The lowest BCUT2D eigenvalue weighted by molar-refractivity contribution is 0.798. The zero-order chi connectivity index (χ0) is 9.75. The maximum atomic E-state index is 3.70. The number of fused-ring (bicyclic) bond motifs is 1. The average molecular weight is 239 g/mol. The molecule has 0 nitrogen and oxygen atoms in total. The molecule has 1 aliphatic rings. The Morgan fingerprint density at radius 1 is 0.923 bits per heavy atom. The third-order valence-corrected chi connectivity index (χ3v) is 4.35. The number of hydrogen-bond acceptors (Lipinski definition) is 0. The summed E-state index contributed by atoms with van der Waals surface area (Å²) in [5.41, 5.74) is 9.10. The maximum absolute atomic E-state index is 3.70. The molecule has 1 aliphatic carbocycles.